The molecule has 72 valence electrons. The predicted octanol–water partition coefficient (Wildman–Crippen LogP) is 4.38. The zero-order valence-electron chi connectivity index (χ0n) is 8.41. The average molecular weight is 233 g/mol. The molecule has 1 rings (SSSR count). The molecule has 1 saturated carbocycles. The molecule has 0 saturated heterocycles. The summed E-state index contributed by atoms with van der Waals surface area (Å²) >= 11 is 3.66. The summed E-state index contributed by atoms with van der Waals surface area (Å²) in [5.41, 5.74) is 0.620. The summed E-state index contributed by atoms with van der Waals surface area (Å²) in [6.07, 6.45) is 8.58. The maximum atomic E-state index is 3.66. The van der Waals surface area contributed by atoms with Crippen LogP contribution in [-0.4, -0.2) is 5.33 Å². The van der Waals surface area contributed by atoms with Crippen molar-refractivity contribution >= 4 is 15.9 Å². The molecule has 1 fully saturated rings. The highest BCUT2D eigenvalue weighted by molar-refractivity contribution is 9.09. The monoisotopic (exact) mass is 232 g/mol. The van der Waals surface area contributed by atoms with Crippen molar-refractivity contribution in [2.24, 2.45) is 11.3 Å². The van der Waals surface area contributed by atoms with Gasteiger partial charge in [0.05, 0.1) is 0 Å². The van der Waals surface area contributed by atoms with Gasteiger partial charge in [0.2, 0.25) is 0 Å². The molecule has 0 heterocycles. The van der Waals surface area contributed by atoms with Crippen LogP contribution in [0.15, 0.2) is 0 Å². The van der Waals surface area contributed by atoms with Gasteiger partial charge in [-0.2, -0.15) is 0 Å². The molecule has 1 unspecified atom stereocenters. The van der Waals surface area contributed by atoms with E-state index in [-0.39, 0.29) is 0 Å². The second kappa shape index (κ2) is 4.64. The standard InChI is InChI=1S/C11H21Br/c1-3-4-5-8-11(2,9-12)10-6-7-10/h10H,3-9H2,1-2H3. The summed E-state index contributed by atoms with van der Waals surface area (Å²) in [7, 11) is 0. The normalized spacial score (nSPS) is 22.2. The molecule has 0 nitrogen and oxygen atoms in total. The minimum Gasteiger partial charge on any atom is -0.0922 e. The number of hydrogen-bond acceptors (Lipinski definition) is 0. The van der Waals surface area contributed by atoms with E-state index < -0.39 is 0 Å². The molecule has 1 aliphatic carbocycles. The Hall–Kier alpha value is 0.480. The summed E-state index contributed by atoms with van der Waals surface area (Å²) in [5, 5.41) is 1.20. The van der Waals surface area contributed by atoms with E-state index in [1.54, 1.807) is 0 Å². The molecular weight excluding hydrogens is 212 g/mol. The van der Waals surface area contributed by atoms with Crippen molar-refractivity contribution in [3.05, 3.63) is 0 Å². The van der Waals surface area contributed by atoms with Gasteiger partial charge in [0.1, 0.15) is 0 Å². The Morgan fingerprint density at radius 2 is 2.00 bits per heavy atom. The Morgan fingerprint density at radius 1 is 1.33 bits per heavy atom. The Bertz CT molecular complexity index is 129. The summed E-state index contributed by atoms with van der Waals surface area (Å²) in [4.78, 5) is 0. The zero-order valence-corrected chi connectivity index (χ0v) is 9.99. The average Bonchev–Trinajstić information content (AvgIpc) is 2.87. The van der Waals surface area contributed by atoms with Gasteiger partial charge in [-0.3, -0.25) is 0 Å². The van der Waals surface area contributed by atoms with Gasteiger partial charge in [-0.25, -0.2) is 0 Å². The molecule has 0 spiro atoms. The van der Waals surface area contributed by atoms with Crippen LogP contribution < -0.4 is 0 Å². The van der Waals surface area contributed by atoms with Crippen molar-refractivity contribution in [3.8, 4) is 0 Å². The van der Waals surface area contributed by atoms with Crippen molar-refractivity contribution in [3.63, 3.8) is 0 Å². The van der Waals surface area contributed by atoms with E-state index in [0.717, 1.165) is 5.92 Å². The number of unbranched alkanes of at least 4 members (excludes halogenated alkanes) is 2. The Labute approximate surface area is 85.3 Å². The van der Waals surface area contributed by atoms with Crippen LogP contribution in [0.1, 0.15) is 52.4 Å². The first-order valence-electron chi connectivity index (χ1n) is 5.29. The lowest BCUT2D eigenvalue weighted by Crippen LogP contribution is -2.20. The van der Waals surface area contributed by atoms with Crippen LogP contribution in [-0.2, 0) is 0 Å². The number of hydrogen-bond donors (Lipinski definition) is 0. The van der Waals surface area contributed by atoms with E-state index in [4.69, 9.17) is 0 Å². The van der Waals surface area contributed by atoms with E-state index in [9.17, 15) is 0 Å². The number of halogens is 1. The molecule has 0 bridgehead atoms. The number of alkyl halides is 1. The second-order valence-electron chi connectivity index (χ2n) is 4.52. The summed E-state index contributed by atoms with van der Waals surface area (Å²) in [6, 6.07) is 0. The third kappa shape index (κ3) is 2.76. The summed E-state index contributed by atoms with van der Waals surface area (Å²) in [5.74, 6) is 1.04. The van der Waals surface area contributed by atoms with Crippen LogP contribution in [0.2, 0.25) is 0 Å². The van der Waals surface area contributed by atoms with Crippen molar-refractivity contribution in [2.75, 3.05) is 5.33 Å². The number of rotatable bonds is 6. The van der Waals surface area contributed by atoms with Crippen LogP contribution in [0, 0.1) is 11.3 Å². The first-order chi connectivity index (χ1) is 5.73. The van der Waals surface area contributed by atoms with Gasteiger partial charge in [0.25, 0.3) is 0 Å². The molecule has 0 aromatic heterocycles. The van der Waals surface area contributed by atoms with Crippen LogP contribution in [0.5, 0.6) is 0 Å². The molecular formula is C11H21Br. The van der Waals surface area contributed by atoms with E-state index in [1.165, 1.54) is 43.9 Å². The largest absolute Gasteiger partial charge is 0.0922 e. The van der Waals surface area contributed by atoms with Gasteiger partial charge in [-0.05, 0) is 30.6 Å². The summed E-state index contributed by atoms with van der Waals surface area (Å²) < 4.78 is 0. The fraction of sp³-hybridized carbons (Fsp3) is 1.00. The molecule has 0 aromatic carbocycles. The second-order valence-corrected chi connectivity index (χ2v) is 5.08. The first kappa shape index (κ1) is 10.6. The Kier molecular flexibility index (Phi) is 4.09. The fourth-order valence-electron chi connectivity index (χ4n) is 1.94. The SMILES string of the molecule is CCCCCC(C)(CBr)C1CC1. The molecule has 0 aliphatic heterocycles. The molecule has 0 aromatic rings. The van der Waals surface area contributed by atoms with Crippen LogP contribution in [0.3, 0.4) is 0 Å². The molecule has 1 heteroatoms. The predicted molar refractivity (Wildman–Crippen MR) is 58.8 cm³/mol. The van der Waals surface area contributed by atoms with Gasteiger partial charge in [-0.15, -0.1) is 0 Å². The molecule has 1 aliphatic rings. The topological polar surface area (TPSA) is 0 Å². The van der Waals surface area contributed by atoms with Crippen molar-refractivity contribution in [1.82, 2.24) is 0 Å². The van der Waals surface area contributed by atoms with Crippen LogP contribution in [0.25, 0.3) is 0 Å². The Morgan fingerprint density at radius 3 is 2.42 bits per heavy atom. The maximum absolute atomic E-state index is 3.66. The van der Waals surface area contributed by atoms with Gasteiger partial charge >= 0.3 is 0 Å². The molecule has 0 amide bonds. The van der Waals surface area contributed by atoms with Crippen molar-refractivity contribution < 1.29 is 0 Å². The van der Waals surface area contributed by atoms with E-state index in [0.29, 0.717) is 5.41 Å². The third-order valence-electron chi connectivity index (χ3n) is 3.22. The van der Waals surface area contributed by atoms with Crippen LogP contribution in [0.4, 0.5) is 0 Å². The molecule has 1 atom stereocenters. The van der Waals surface area contributed by atoms with Gasteiger partial charge in [-0.1, -0.05) is 49.0 Å². The third-order valence-corrected chi connectivity index (χ3v) is 4.50. The van der Waals surface area contributed by atoms with E-state index in [1.807, 2.05) is 0 Å². The lowest BCUT2D eigenvalue weighted by molar-refractivity contribution is 0.283. The highest BCUT2D eigenvalue weighted by atomic mass is 79.9. The van der Waals surface area contributed by atoms with E-state index in [2.05, 4.69) is 29.8 Å². The molecule has 0 radical (unpaired) electrons. The smallest absolute Gasteiger partial charge is 0.00879 e. The summed E-state index contributed by atoms with van der Waals surface area (Å²) in [6.45, 7) is 4.73. The Balaban J connectivity index is 2.23. The molecule has 0 N–H and O–H groups in total. The van der Waals surface area contributed by atoms with Crippen molar-refractivity contribution in [1.29, 1.82) is 0 Å². The van der Waals surface area contributed by atoms with Crippen LogP contribution >= 0.6 is 15.9 Å². The fourth-order valence-corrected chi connectivity index (χ4v) is 2.68. The highest BCUT2D eigenvalue weighted by Gasteiger charge is 2.39. The van der Waals surface area contributed by atoms with Gasteiger partial charge in [0, 0.05) is 5.33 Å². The lowest BCUT2D eigenvalue weighted by atomic mass is 9.82. The first-order valence-corrected chi connectivity index (χ1v) is 6.41. The van der Waals surface area contributed by atoms with Crippen molar-refractivity contribution in [2.45, 2.75) is 52.4 Å². The van der Waals surface area contributed by atoms with E-state index >= 15 is 0 Å². The van der Waals surface area contributed by atoms with Gasteiger partial charge in [0.15, 0.2) is 0 Å². The minimum atomic E-state index is 0.620. The maximum Gasteiger partial charge on any atom is 0.00879 e. The zero-order chi connectivity index (χ0) is 9.03. The lowest BCUT2D eigenvalue weighted by Gasteiger charge is -2.27. The minimum absolute atomic E-state index is 0.620. The molecule has 12 heavy (non-hydrogen) atoms. The van der Waals surface area contributed by atoms with Gasteiger partial charge < -0.3 is 0 Å². The highest BCUT2D eigenvalue weighted by Crippen LogP contribution is 2.49. The quantitative estimate of drug-likeness (QED) is 0.471.